The van der Waals surface area contributed by atoms with E-state index in [1.165, 1.54) is 5.56 Å². The third-order valence-electron chi connectivity index (χ3n) is 4.15. The fourth-order valence-corrected chi connectivity index (χ4v) is 3.45. The lowest BCUT2D eigenvalue weighted by atomic mass is 10.2. The first-order chi connectivity index (χ1) is 12.6. The summed E-state index contributed by atoms with van der Waals surface area (Å²) in [5.41, 5.74) is 2.17. The smallest absolute Gasteiger partial charge is 0.191 e. The number of nitrogens with one attached hydrogen (secondary N) is 3. The highest BCUT2D eigenvalue weighted by Gasteiger charge is 2.01. The molecule has 27 heavy (non-hydrogen) atoms. The lowest BCUT2D eigenvalue weighted by Crippen LogP contribution is -2.16. The molecule has 1 aromatic heterocycles. The average Bonchev–Trinajstić information content (AvgIpc) is 2.64. The van der Waals surface area contributed by atoms with Crippen molar-refractivity contribution in [2.75, 3.05) is 18.4 Å². The van der Waals surface area contributed by atoms with Crippen molar-refractivity contribution < 1.29 is 0 Å². The zero-order chi connectivity index (χ0) is 18.4. The van der Waals surface area contributed by atoms with Crippen LogP contribution in [0.1, 0.15) is 18.4 Å². The van der Waals surface area contributed by atoms with Gasteiger partial charge in [0.15, 0.2) is 5.43 Å². The molecule has 2 aromatic carbocycles. The largest absolute Gasteiger partial charge is 0.372 e. The van der Waals surface area contributed by atoms with Gasteiger partial charge in [0.1, 0.15) is 5.82 Å². The summed E-state index contributed by atoms with van der Waals surface area (Å²) < 4.78 is 2.14. The number of benzene rings is 2. The van der Waals surface area contributed by atoms with Crippen molar-refractivity contribution in [2.45, 2.75) is 19.4 Å². The van der Waals surface area contributed by atoms with E-state index in [1.54, 1.807) is 6.07 Å². The molecule has 3 aromatic rings. The van der Waals surface area contributed by atoms with E-state index in [2.05, 4.69) is 65.7 Å². The molecule has 7 heteroatoms. The number of H-pyrrole nitrogens is 1. The molecular weight excluding hydrogens is 494 g/mol. The fraction of sp³-hybridized carbons (Fsp3) is 0.250. The molecule has 0 saturated carbocycles. The van der Waals surface area contributed by atoms with Crippen molar-refractivity contribution in [3.8, 4) is 0 Å². The van der Waals surface area contributed by atoms with Crippen LogP contribution in [0.15, 0.2) is 62.3 Å². The molecule has 0 aliphatic heterocycles. The van der Waals surface area contributed by atoms with Gasteiger partial charge in [-0.25, -0.2) is 0 Å². The van der Waals surface area contributed by atoms with E-state index in [9.17, 15) is 4.79 Å². The van der Waals surface area contributed by atoms with Gasteiger partial charge >= 0.3 is 0 Å². The number of hydrogen-bond acceptors (Lipinski definition) is 3. The van der Waals surface area contributed by atoms with E-state index in [0.717, 1.165) is 58.1 Å². The van der Waals surface area contributed by atoms with Gasteiger partial charge in [0.05, 0.1) is 5.52 Å². The third kappa shape index (κ3) is 6.35. The summed E-state index contributed by atoms with van der Waals surface area (Å²) in [7, 11) is 0. The van der Waals surface area contributed by atoms with Crippen LogP contribution in [-0.4, -0.2) is 18.1 Å². The highest BCUT2D eigenvalue weighted by Crippen LogP contribution is 2.23. The van der Waals surface area contributed by atoms with Crippen LogP contribution in [0, 0.1) is 0 Å². The summed E-state index contributed by atoms with van der Waals surface area (Å²) in [6.45, 7) is 2.65. The Balaban J connectivity index is 0.00000261. The van der Waals surface area contributed by atoms with E-state index >= 15 is 0 Å². The molecule has 0 atom stereocenters. The van der Waals surface area contributed by atoms with Gasteiger partial charge in [-0.05, 0) is 81.1 Å². The predicted molar refractivity (Wildman–Crippen MR) is 123 cm³/mol. The SMILES string of the molecule is Cl.O=c1cc(NCCCCNCc2ccc(Br)c(Br)c2)[nH]c2ccccc12. The molecule has 144 valence electrons. The molecule has 3 N–H and O–H groups in total. The Bertz CT molecular complexity index is 946. The highest BCUT2D eigenvalue weighted by molar-refractivity contribution is 9.13. The lowest BCUT2D eigenvalue weighted by molar-refractivity contribution is 0.632. The first-order valence-corrected chi connectivity index (χ1v) is 10.2. The average molecular weight is 516 g/mol. The van der Waals surface area contributed by atoms with Crippen LogP contribution >= 0.6 is 44.3 Å². The predicted octanol–water partition coefficient (Wildman–Crippen LogP) is 5.46. The lowest BCUT2D eigenvalue weighted by Gasteiger charge is -2.09. The second kappa shape index (κ2) is 10.9. The number of aromatic amines is 1. The molecule has 0 spiro atoms. The third-order valence-corrected chi connectivity index (χ3v) is 6.03. The molecule has 0 amide bonds. The number of hydrogen-bond donors (Lipinski definition) is 3. The quantitative estimate of drug-likeness (QED) is 0.350. The molecule has 0 fully saturated rings. The zero-order valence-electron chi connectivity index (χ0n) is 14.7. The van der Waals surface area contributed by atoms with Gasteiger partial charge in [0.2, 0.25) is 0 Å². The molecular formula is C20H22Br2ClN3O. The van der Waals surface area contributed by atoms with Crippen LogP contribution in [0.3, 0.4) is 0 Å². The maximum Gasteiger partial charge on any atom is 0.191 e. The summed E-state index contributed by atoms with van der Waals surface area (Å²) in [6.07, 6.45) is 2.11. The molecule has 0 aliphatic carbocycles. The van der Waals surface area contributed by atoms with Gasteiger partial charge in [0, 0.05) is 33.5 Å². The van der Waals surface area contributed by atoms with Crippen molar-refractivity contribution >= 4 is 61.0 Å². The van der Waals surface area contributed by atoms with Crippen molar-refractivity contribution in [3.63, 3.8) is 0 Å². The van der Waals surface area contributed by atoms with Crippen LogP contribution in [-0.2, 0) is 6.54 Å². The van der Waals surface area contributed by atoms with Crippen LogP contribution < -0.4 is 16.1 Å². The minimum absolute atomic E-state index is 0. The summed E-state index contributed by atoms with van der Waals surface area (Å²) in [4.78, 5) is 15.3. The Morgan fingerprint density at radius 1 is 0.926 bits per heavy atom. The van der Waals surface area contributed by atoms with E-state index in [-0.39, 0.29) is 17.8 Å². The Hall–Kier alpha value is -1.34. The van der Waals surface area contributed by atoms with Crippen molar-refractivity contribution in [2.24, 2.45) is 0 Å². The number of halogens is 3. The maximum absolute atomic E-state index is 12.1. The summed E-state index contributed by atoms with van der Waals surface area (Å²) >= 11 is 7.00. The number of pyridine rings is 1. The Morgan fingerprint density at radius 3 is 2.52 bits per heavy atom. The van der Waals surface area contributed by atoms with Gasteiger partial charge in [-0.3, -0.25) is 4.79 Å². The Morgan fingerprint density at radius 2 is 1.70 bits per heavy atom. The molecule has 0 saturated heterocycles. The first kappa shape index (κ1) is 22.0. The number of fused-ring (bicyclic) bond motifs is 1. The van der Waals surface area contributed by atoms with Crippen molar-refractivity contribution in [1.82, 2.24) is 10.3 Å². The minimum Gasteiger partial charge on any atom is -0.372 e. The standard InChI is InChI=1S/C20H21Br2N3O.ClH/c21-16-8-7-14(11-17(16)22)13-23-9-3-4-10-24-20-12-19(26)15-5-1-2-6-18(15)25-20;/h1-2,5-8,11-12,23H,3-4,9-10,13H2,(H2,24,25,26);1H. The molecule has 0 bridgehead atoms. The number of rotatable bonds is 8. The highest BCUT2D eigenvalue weighted by atomic mass is 79.9. The number of anilines is 1. The van der Waals surface area contributed by atoms with Gasteiger partial charge in [-0.1, -0.05) is 18.2 Å². The molecule has 0 aliphatic rings. The topological polar surface area (TPSA) is 56.9 Å². The monoisotopic (exact) mass is 513 g/mol. The van der Waals surface area contributed by atoms with Gasteiger partial charge in [-0.2, -0.15) is 0 Å². The van der Waals surface area contributed by atoms with Crippen LogP contribution in [0.2, 0.25) is 0 Å². The molecule has 0 radical (unpaired) electrons. The summed E-state index contributed by atoms with van der Waals surface area (Å²) in [5, 5.41) is 7.49. The van der Waals surface area contributed by atoms with E-state index < -0.39 is 0 Å². The minimum atomic E-state index is 0. The normalized spacial score (nSPS) is 10.6. The van der Waals surface area contributed by atoms with Gasteiger partial charge < -0.3 is 15.6 Å². The van der Waals surface area contributed by atoms with E-state index in [1.807, 2.05) is 24.3 Å². The fourth-order valence-electron chi connectivity index (χ4n) is 2.77. The summed E-state index contributed by atoms with van der Waals surface area (Å²) in [6, 6.07) is 15.5. The van der Waals surface area contributed by atoms with Crippen molar-refractivity contribution in [1.29, 1.82) is 0 Å². The van der Waals surface area contributed by atoms with Crippen LogP contribution in [0.4, 0.5) is 5.82 Å². The van der Waals surface area contributed by atoms with Crippen molar-refractivity contribution in [3.05, 3.63) is 73.3 Å². The summed E-state index contributed by atoms with van der Waals surface area (Å²) in [5.74, 6) is 0.779. The van der Waals surface area contributed by atoms with Crippen LogP contribution in [0.5, 0.6) is 0 Å². The Labute approximate surface area is 181 Å². The molecule has 1 heterocycles. The molecule has 0 unspecified atom stereocenters. The maximum atomic E-state index is 12.1. The second-order valence-electron chi connectivity index (χ2n) is 6.15. The first-order valence-electron chi connectivity index (χ1n) is 8.64. The van der Waals surface area contributed by atoms with Gasteiger partial charge in [0.25, 0.3) is 0 Å². The number of para-hydroxylation sites is 1. The van der Waals surface area contributed by atoms with Gasteiger partial charge in [-0.15, -0.1) is 12.4 Å². The number of aromatic nitrogens is 1. The zero-order valence-corrected chi connectivity index (χ0v) is 18.7. The number of unbranched alkanes of at least 4 members (excludes halogenated alkanes) is 1. The van der Waals surface area contributed by atoms with E-state index in [4.69, 9.17) is 0 Å². The van der Waals surface area contributed by atoms with Crippen LogP contribution in [0.25, 0.3) is 10.9 Å². The second-order valence-corrected chi connectivity index (χ2v) is 7.86. The molecule has 4 nitrogen and oxygen atoms in total. The van der Waals surface area contributed by atoms with E-state index in [0.29, 0.717) is 0 Å². The Kier molecular flexibility index (Phi) is 8.83. The molecule has 3 rings (SSSR count).